The second-order valence-electron chi connectivity index (χ2n) is 6.83. The van der Waals surface area contributed by atoms with Gasteiger partial charge in [0.2, 0.25) is 0 Å². The fourth-order valence-corrected chi connectivity index (χ4v) is 6.22. The number of piperidine rings is 1. The Morgan fingerprint density at radius 2 is 1.86 bits per heavy atom. The summed E-state index contributed by atoms with van der Waals surface area (Å²) in [4.78, 5) is 6.66. The maximum absolute atomic E-state index is 13.4. The molecule has 9 heteroatoms. The van der Waals surface area contributed by atoms with Gasteiger partial charge in [-0.3, -0.25) is 0 Å². The first kappa shape index (κ1) is 20.3. The lowest BCUT2D eigenvalue weighted by molar-refractivity contribution is 0.528. The first-order valence-corrected chi connectivity index (χ1v) is 11.8. The highest BCUT2D eigenvalue weighted by molar-refractivity contribution is 7.92. The van der Waals surface area contributed by atoms with Crippen molar-refractivity contribution < 1.29 is 17.2 Å². The van der Waals surface area contributed by atoms with Crippen molar-refractivity contribution in [1.29, 1.82) is 0 Å². The molecule has 0 radical (unpaired) electrons. The molecule has 1 saturated heterocycles. The minimum Gasteiger partial charge on any atom is -0.348 e. The van der Waals surface area contributed by atoms with Crippen LogP contribution in [0.25, 0.3) is 11.3 Å². The van der Waals surface area contributed by atoms with Crippen LogP contribution in [0.1, 0.15) is 12.8 Å². The number of halogens is 3. The van der Waals surface area contributed by atoms with Crippen LogP contribution >= 0.6 is 22.9 Å². The number of nitrogens with zero attached hydrogens (tertiary/aromatic N) is 2. The summed E-state index contributed by atoms with van der Waals surface area (Å²) >= 11 is 7.30. The van der Waals surface area contributed by atoms with Gasteiger partial charge in [0, 0.05) is 24.0 Å². The van der Waals surface area contributed by atoms with Crippen molar-refractivity contribution >= 4 is 37.9 Å². The molecule has 0 amide bonds. The molecule has 1 aliphatic heterocycles. The van der Waals surface area contributed by atoms with E-state index in [9.17, 15) is 17.2 Å². The molecule has 29 heavy (non-hydrogen) atoms. The van der Waals surface area contributed by atoms with Crippen molar-refractivity contribution in [1.82, 2.24) is 4.98 Å². The van der Waals surface area contributed by atoms with Gasteiger partial charge >= 0.3 is 0 Å². The summed E-state index contributed by atoms with van der Waals surface area (Å²) in [5.41, 5.74) is 1.42. The van der Waals surface area contributed by atoms with Crippen LogP contribution in [0.2, 0.25) is 5.02 Å². The van der Waals surface area contributed by atoms with Crippen LogP contribution in [0, 0.1) is 11.6 Å². The zero-order chi connectivity index (χ0) is 20.6. The topological polar surface area (TPSA) is 50.3 Å². The number of hydrogen-bond donors (Lipinski definition) is 0. The van der Waals surface area contributed by atoms with Gasteiger partial charge in [-0.25, -0.2) is 22.2 Å². The molecule has 4 rings (SSSR count). The molecule has 0 atom stereocenters. The Bertz CT molecular complexity index is 1140. The van der Waals surface area contributed by atoms with Crippen molar-refractivity contribution in [2.45, 2.75) is 23.0 Å². The van der Waals surface area contributed by atoms with E-state index in [1.54, 1.807) is 6.07 Å². The molecule has 0 spiro atoms. The van der Waals surface area contributed by atoms with Crippen LogP contribution in [0.3, 0.4) is 0 Å². The van der Waals surface area contributed by atoms with Gasteiger partial charge in [0.15, 0.2) is 15.0 Å². The molecule has 0 N–H and O–H groups in total. The molecule has 2 aromatic carbocycles. The summed E-state index contributed by atoms with van der Waals surface area (Å²) in [5.74, 6) is -1.04. The van der Waals surface area contributed by atoms with E-state index in [0.29, 0.717) is 31.6 Å². The summed E-state index contributed by atoms with van der Waals surface area (Å²) in [6.07, 6.45) is 0.881. The fraction of sp³-hybridized carbons (Fsp3) is 0.250. The predicted molar refractivity (Wildman–Crippen MR) is 111 cm³/mol. The third-order valence-electron chi connectivity index (χ3n) is 4.98. The fourth-order valence-electron chi connectivity index (χ4n) is 3.39. The molecule has 152 valence electrons. The molecular formula is C20H17ClF2N2O2S2. The number of hydrogen-bond acceptors (Lipinski definition) is 5. The van der Waals surface area contributed by atoms with E-state index in [1.807, 2.05) is 10.3 Å². The molecule has 1 aromatic heterocycles. The van der Waals surface area contributed by atoms with Gasteiger partial charge < -0.3 is 4.90 Å². The maximum atomic E-state index is 13.4. The molecule has 0 bridgehead atoms. The minimum atomic E-state index is -3.57. The molecule has 3 aromatic rings. The minimum absolute atomic E-state index is 0.0284. The molecule has 1 aliphatic rings. The van der Waals surface area contributed by atoms with Gasteiger partial charge in [0.05, 0.1) is 20.9 Å². The smallest absolute Gasteiger partial charge is 0.185 e. The molecule has 0 unspecified atom stereocenters. The monoisotopic (exact) mass is 454 g/mol. The van der Waals surface area contributed by atoms with E-state index in [2.05, 4.69) is 4.98 Å². The predicted octanol–water partition coefficient (Wildman–Crippen LogP) is 5.18. The number of thiazole rings is 1. The summed E-state index contributed by atoms with van der Waals surface area (Å²) in [7, 11) is -3.57. The molecule has 0 aliphatic carbocycles. The Labute approximate surface area is 176 Å². The average Bonchev–Trinajstić information content (AvgIpc) is 3.20. The average molecular weight is 455 g/mol. The number of rotatable bonds is 4. The van der Waals surface area contributed by atoms with Crippen LogP contribution in [-0.2, 0) is 9.84 Å². The van der Waals surface area contributed by atoms with Gasteiger partial charge in [0.25, 0.3) is 0 Å². The van der Waals surface area contributed by atoms with Gasteiger partial charge in [-0.15, -0.1) is 11.3 Å². The van der Waals surface area contributed by atoms with Crippen molar-refractivity contribution in [3.05, 3.63) is 64.5 Å². The first-order chi connectivity index (χ1) is 13.8. The summed E-state index contributed by atoms with van der Waals surface area (Å²) in [5, 5.41) is 2.15. The van der Waals surface area contributed by atoms with Gasteiger partial charge in [-0.1, -0.05) is 17.7 Å². The van der Waals surface area contributed by atoms with Crippen LogP contribution < -0.4 is 4.90 Å². The number of sulfone groups is 1. The lowest BCUT2D eigenvalue weighted by atomic mass is 10.1. The lowest BCUT2D eigenvalue weighted by Gasteiger charge is -2.31. The lowest BCUT2D eigenvalue weighted by Crippen LogP contribution is -2.39. The van der Waals surface area contributed by atoms with E-state index in [0.717, 1.165) is 16.8 Å². The van der Waals surface area contributed by atoms with Crippen molar-refractivity contribution in [2.24, 2.45) is 0 Å². The van der Waals surface area contributed by atoms with E-state index < -0.39 is 26.7 Å². The van der Waals surface area contributed by atoms with E-state index in [-0.39, 0.29) is 9.92 Å². The van der Waals surface area contributed by atoms with Gasteiger partial charge in [-0.2, -0.15) is 0 Å². The van der Waals surface area contributed by atoms with Gasteiger partial charge in [0.1, 0.15) is 11.6 Å². The van der Waals surface area contributed by atoms with Crippen molar-refractivity contribution in [3.8, 4) is 11.3 Å². The number of anilines is 1. The van der Waals surface area contributed by atoms with Crippen molar-refractivity contribution in [3.63, 3.8) is 0 Å². The normalized spacial score (nSPS) is 15.6. The Morgan fingerprint density at radius 1 is 1.10 bits per heavy atom. The maximum Gasteiger partial charge on any atom is 0.185 e. The molecular weight excluding hydrogens is 438 g/mol. The first-order valence-electron chi connectivity index (χ1n) is 9.00. The highest BCUT2D eigenvalue weighted by Gasteiger charge is 2.32. The Balaban J connectivity index is 1.46. The second kappa shape index (κ2) is 8.01. The van der Waals surface area contributed by atoms with E-state index in [4.69, 9.17) is 11.6 Å². The van der Waals surface area contributed by atoms with Crippen LogP contribution in [0.5, 0.6) is 0 Å². The van der Waals surface area contributed by atoms with Crippen LogP contribution in [0.4, 0.5) is 13.9 Å². The summed E-state index contributed by atoms with van der Waals surface area (Å²) in [6, 6.07) is 9.62. The summed E-state index contributed by atoms with van der Waals surface area (Å²) < 4.78 is 52.4. The largest absolute Gasteiger partial charge is 0.348 e. The Morgan fingerprint density at radius 3 is 2.55 bits per heavy atom. The van der Waals surface area contributed by atoms with E-state index >= 15 is 0 Å². The van der Waals surface area contributed by atoms with Crippen LogP contribution in [-0.4, -0.2) is 31.7 Å². The van der Waals surface area contributed by atoms with Gasteiger partial charge in [-0.05, 0) is 49.2 Å². The highest BCUT2D eigenvalue weighted by atomic mass is 35.5. The summed E-state index contributed by atoms with van der Waals surface area (Å²) in [6.45, 7) is 1.08. The quantitative estimate of drug-likeness (QED) is 0.544. The second-order valence-corrected chi connectivity index (χ2v) is 10.3. The Hall–Kier alpha value is -2.03. The molecule has 4 nitrogen and oxygen atoms in total. The molecule has 0 saturated carbocycles. The molecule has 2 heterocycles. The highest BCUT2D eigenvalue weighted by Crippen LogP contribution is 2.32. The standard InChI is InChI=1S/C20H17ClF2N2O2S2/c21-17-10-13(4-5-18(17)23)19-12-28-20(24-19)25-8-6-15(7-9-25)29(26,27)16-3-1-2-14(22)11-16/h1-5,10-12,15H,6-9H2. The number of aromatic nitrogens is 1. The molecule has 1 fully saturated rings. The van der Waals surface area contributed by atoms with E-state index in [1.165, 1.54) is 41.7 Å². The zero-order valence-electron chi connectivity index (χ0n) is 15.2. The zero-order valence-corrected chi connectivity index (χ0v) is 17.6. The van der Waals surface area contributed by atoms with Crippen LogP contribution in [0.15, 0.2) is 52.7 Å². The van der Waals surface area contributed by atoms with Crippen molar-refractivity contribution in [2.75, 3.05) is 18.0 Å². The SMILES string of the molecule is O=S(=O)(c1cccc(F)c1)C1CCN(c2nc(-c3ccc(F)c(Cl)c3)cs2)CC1. The Kier molecular flexibility index (Phi) is 5.59. The third kappa shape index (κ3) is 4.15. The number of benzene rings is 2. The third-order valence-corrected chi connectivity index (χ3v) is 8.43.